The molecule has 0 aromatic heterocycles. The summed E-state index contributed by atoms with van der Waals surface area (Å²) in [6.07, 6.45) is 1.59. The van der Waals surface area contributed by atoms with Gasteiger partial charge in [0.15, 0.2) is 0 Å². The number of β-lactam (4-membered cyclic amide) rings is 2. The van der Waals surface area contributed by atoms with Crippen LogP contribution in [0.2, 0.25) is 0 Å². The van der Waals surface area contributed by atoms with Crippen LogP contribution in [0.5, 0.6) is 0 Å². The van der Waals surface area contributed by atoms with Crippen molar-refractivity contribution in [1.82, 2.24) is 34.7 Å². The second-order valence-electron chi connectivity index (χ2n) is 22.0. The number of rotatable bonds is 8. The van der Waals surface area contributed by atoms with Gasteiger partial charge in [-0.3, -0.25) is 28.8 Å². The Morgan fingerprint density at radius 2 is 0.863 bits per heavy atom. The molecule has 460 valence electrons. The maximum atomic E-state index is 12.2. The van der Waals surface area contributed by atoms with Crippen LogP contribution in [-0.4, -0.2) is 240 Å². The van der Waals surface area contributed by atoms with E-state index in [4.69, 9.17) is 19.9 Å². The number of likely N-dealkylation sites (tertiary alicyclic amines) is 6. The number of nitrogens with zero attached hydrogens (tertiary/aromatic N) is 6. The molecule has 0 unspecified atom stereocenters. The maximum Gasteiger partial charge on any atom is 2.00 e. The fourth-order valence-electron chi connectivity index (χ4n) is 8.24. The Labute approximate surface area is 499 Å². The summed E-state index contributed by atoms with van der Waals surface area (Å²) in [5.41, 5.74) is 3.65. The van der Waals surface area contributed by atoms with Crippen LogP contribution in [-0.2, 0) is 52.5 Å². The van der Waals surface area contributed by atoms with Gasteiger partial charge in [0.05, 0.1) is 27.1 Å². The SMILES string of the molecule is C.CC(C)(C)OC(=O)N1CCC(=O)CC1.CC(C)(C)OC(=O)N1CCC(N2CCC2=O)CC1.COC(=O)CCN.COC(=O)CCNC1CCN(C(=O)OC(C)(C)C)CC1.O=C1CCN1C1CCN(C(=O)C(F)(F)F)CC1.[Br-].[CH3-].[Mg+2]. The number of hydrogen-bond acceptors (Lipinski definition) is 16. The van der Waals surface area contributed by atoms with Gasteiger partial charge in [-0.15, -0.1) is 0 Å². The number of nitrogens with one attached hydrogen (secondary N) is 1. The summed E-state index contributed by atoms with van der Waals surface area (Å²) in [5.74, 6) is -1.68. The molecule has 0 aliphatic carbocycles. The number of ether oxygens (including phenoxy) is 5. The summed E-state index contributed by atoms with van der Waals surface area (Å²) in [4.78, 5) is 110. The predicted molar refractivity (Wildman–Crippen MR) is 291 cm³/mol. The van der Waals surface area contributed by atoms with Gasteiger partial charge in [0, 0.05) is 122 Å². The molecule has 0 aromatic rings. The number of carbonyl (C=O) groups excluding carboxylic acids is 9. The van der Waals surface area contributed by atoms with Crippen molar-refractivity contribution in [3.63, 3.8) is 0 Å². The minimum Gasteiger partial charge on any atom is -1.00 e. The minimum atomic E-state index is -4.79. The van der Waals surface area contributed by atoms with Crippen LogP contribution < -0.4 is 28.0 Å². The van der Waals surface area contributed by atoms with Gasteiger partial charge in [-0.2, -0.15) is 13.2 Å². The number of carbonyl (C=O) groups is 9. The molecule has 0 aromatic carbocycles. The van der Waals surface area contributed by atoms with Gasteiger partial charge < -0.3 is 88.5 Å². The van der Waals surface area contributed by atoms with Gasteiger partial charge >= 0.3 is 65.4 Å². The molecule has 3 N–H and O–H groups in total. The first-order valence-corrected chi connectivity index (χ1v) is 26.2. The van der Waals surface area contributed by atoms with E-state index in [-0.39, 0.29) is 122 Å². The van der Waals surface area contributed by atoms with Crippen LogP contribution in [0, 0.1) is 7.43 Å². The van der Waals surface area contributed by atoms with Crippen molar-refractivity contribution in [2.45, 2.75) is 188 Å². The second kappa shape index (κ2) is 37.8. The molecular weight excluding hydrogens is 1130 g/mol. The number of methoxy groups -OCH3 is 2. The number of amides is 6. The number of alkyl halides is 3. The number of nitrogens with two attached hydrogens (primary N) is 1. The van der Waals surface area contributed by atoms with E-state index in [0.29, 0.717) is 122 Å². The van der Waals surface area contributed by atoms with Crippen molar-refractivity contribution in [3.05, 3.63) is 7.43 Å². The average molecular weight is 1230 g/mol. The monoisotopic (exact) mass is 1230 g/mol. The van der Waals surface area contributed by atoms with E-state index < -0.39 is 28.9 Å². The molecule has 22 nitrogen and oxygen atoms in total. The van der Waals surface area contributed by atoms with Crippen LogP contribution >= 0.6 is 0 Å². The van der Waals surface area contributed by atoms with Crippen molar-refractivity contribution >= 4 is 76.8 Å². The minimum absolute atomic E-state index is 0. The molecule has 0 bridgehead atoms. The van der Waals surface area contributed by atoms with Gasteiger partial charge in [-0.25, -0.2) is 14.4 Å². The molecule has 0 atom stereocenters. The van der Waals surface area contributed by atoms with Crippen molar-refractivity contribution in [1.29, 1.82) is 0 Å². The molecule has 27 heteroatoms. The Bertz CT molecular complexity index is 1920. The summed E-state index contributed by atoms with van der Waals surface area (Å²) in [6, 6.07) is 0.678. The second-order valence-corrected chi connectivity index (χ2v) is 22.0. The molecule has 0 radical (unpaired) electrons. The zero-order valence-electron chi connectivity index (χ0n) is 48.9. The maximum absolute atomic E-state index is 12.2. The summed E-state index contributed by atoms with van der Waals surface area (Å²) in [7, 11) is 2.74. The van der Waals surface area contributed by atoms with Crippen LogP contribution in [0.25, 0.3) is 0 Å². The average Bonchev–Trinajstić information content (AvgIpc) is 3.32. The van der Waals surface area contributed by atoms with E-state index in [9.17, 15) is 56.3 Å². The largest absolute Gasteiger partial charge is 2.00 e. The molecule has 6 heterocycles. The zero-order valence-corrected chi connectivity index (χ0v) is 51.9. The smallest absolute Gasteiger partial charge is 1.00 e. The third-order valence-corrected chi connectivity index (χ3v) is 12.5. The Morgan fingerprint density at radius 1 is 0.537 bits per heavy atom. The number of halogens is 4. The Kier molecular flexibility index (Phi) is 37.8. The van der Waals surface area contributed by atoms with Crippen LogP contribution in [0.1, 0.15) is 147 Å². The molecule has 6 aliphatic heterocycles. The third kappa shape index (κ3) is 31.3. The fraction of sp³-hybridized carbons (Fsp3) is 0.811. The van der Waals surface area contributed by atoms with E-state index >= 15 is 0 Å². The van der Waals surface area contributed by atoms with Crippen molar-refractivity contribution in [2.24, 2.45) is 5.73 Å². The molecule has 80 heavy (non-hydrogen) atoms. The molecule has 0 saturated carbocycles. The number of hydrogen-bond donors (Lipinski definition) is 2. The standard InChI is InChI=1S/C14H26N2O4.C13H22N2O3.C10H13F3N2O2.C10H17NO3.C4H9NO2.CH4.CH3.BrH.Mg/c1-14(2,3)20-13(18)16-9-6-11(7-10-16)15-8-5-12(17)19-4;1-13(2,3)18-12(17)14-7-4-10(5-8-14)15-9-6-11(15)16;11-10(12,13)9(17)14-4-1-7(2-5-14)15-6-3-8(15)16;1-10(2,3)14-9(13)11-6-4-8(12)5-7-11;1-7-4(6)2-3-5;;;;/h11,15H,5-10H2,1-4H3;10H,4-9H2,1-3H3;7H,1-6H2;4-7H2,1-3H3;2-3,5H2,1H3;1H4;1H3;1H;/q;;;;;;-1;;+2/p-1. The summed E-state index contributed by atoms with van der Waals surface area (Å²) in [5, 5.41) is 3.31. The molecule has 6 rings (SSSR count). The van der Waals surface area contributed by atoms with Gasteiger partial charge in [0.1, 0.15) is 22.6 Å². The van der Waals surface area contributed by atoms with Crippen molar-refractivity contribution in [2.75, 3.05) is 92.8 Å². The fourth-order valence-corrected chi connectivity index (χ4v) is 8.24. The molecule has 6 aliphatic rings. The molecule has 0 spiro atoms. The first-order chi connectivity index (χ1) is 35.3. The summed E-state index contributed by atoms with van der Waals surface area (Å²) < 4.78 is 61.3. The van der Waals surface area contributed by atoms with Crippen LogP contribution in [0.15, 0.2) is 0 Å². The number of ketones is 1. The number of Topliss-reactive ketones (excluding diaryl/α,β-unsaturated/α-hetero) is 1. The van der Waals surface area contributed by atoms with E-state index in [1.807, 2.05) is 67.2 Å². The first kappa shape index (κ1) is 80.0. The van der Waals surface area contributed by atoms with Crippen LogP contribution in [0.4, 0.5) is 27.6 Å². The predicted octanol–water partition coefficient (Wildman–Crippen LogP) is 2.73. The van der Waals surface area contributed by atoms with E-state index in [1.165, 1.54) is 14.2 Å². The first-order valence-electron chi connectivity index (χ1n) is 26.2. The summed E-state index contributed by atoms with van der Waals surface area (Å²) in [6.45, 7) is 23.2. The third-order valence-electron chi connectivity index (χ3n) is 12.5. The summed E-state index contributed by atoms with van der Waals surface area (Å²) >= 11 is 0. The topological polar surface area (TPSA) is 257 Å². The molecule has 6 amide bonds. The Balaban J connectivity index is -0.000000939. The van der Waals surface area contributed by atoms with E-state index in [2.05, 4.69) is 14.8 Å². The Hall–Kier alpha value is -4.21. The zero-order chi connectivity index (χ0) is 57.6. The van der Waals surface area contributed by atoms with Crippen molar-refractivity contribution in [3.8, 4) is 0 Å². The van der Waals surface area contributed by atoms with Crippen molar-refractivity contribution < 1.29 is 97.0 Å². The van der Waals surface area contributed by atoms with Gasteiger partial charge in [0.25, 0.3) is 0 Å². The van der Waals surface area contributed by atoms with Gasteiger partial charge in [-0.1, -0.05) is 7.43 Å². The quantitative estimate of drug-likeness (QED) is 0.116. The Morgan fingerprint density at radius 3 is 1.14 bits per heavy atom. The number of piperidine rings is 4. The molecule has 6 saturated heterocycles. The van der Waals surface area contributed by atoms with E-state index in [1.54, 1.807) is 19.6 Å². The number of esters is 2. The molecular formula is C53H94BrF3MgN8O14. The van der Waals surface area contributed by atoms with E-state index in [0.717, 1.165) is 37.1 Å². The van der Waals surface area contributed by atoms with Gasteiger partial charge in [-0.05, 0) is 101 Å². The van der Waals surface area contributed by atoms with Crippen LogP contribution in [0.3, 0.4) is 0 Å². The molecule has 6 fully saturated rings. The van der Waals surface area contributed by atoms with Gasteiger partial charge in [0.2, 0.25) is 11.8 Å². The normalized spacial score (nSPS) is 17.9.